The Balaban J connectivity index is 2.28. The number of anilines is 1. The van der Waals surface area contributed by atoms with Crippen LogP contribution in [0.15, 0.2) is 36.4 Å². The van der Waals surface area contributed by atoms with E-state index in [9.17, 15) is 18.3 Å². The summed E-state index contributed by atoms with van der Waals surface area (Å²) in [6.07, 6.45) is -3.58. The zero-order chi connectivity index (χ0) is 21.1. The highest BCUT2D eigenvalue weighted by Crippen LogP contribution is 2.39. The van der Waals surface area contributed by atoms with Crippen LogP contribution in [0.1, 0.15) is 24.7 Å². The van der Waals surface area contributed by atoms with E-state index in [1.54, 1.807) is 13.0 Å². The van der Waals surface area contributed by atoms with E-state index in [1.807, 2.05) is 0 Å². The summed E-state index contributed by atoms with van der Waals surface area (Å²) in [4.78, 5) is 12.2. The summed E-state index contributed by atoms with van der Waals surface area (Å²) in [6, 6.07) is 8.27. The minimum Gasteiger partial charge on any atom is -0.474 e. The first-order chi connectivity index (χ1) is 13.7. The molecule has 0 bridgehead atoms. The fraction of sp³-hybridized carbons (Fsp3) is 0.250. The molecule has 0 aliphatic heterocycles. The van der Waals surface area contributed by atoms with Crippen LogP contribution in [0.25, 0.3) is 22.4 Å². The fourth-order valence-electron chi connectivity index (χ4n) is 2.79. The van der Waals surface area contributed by atoms with Crippen LogP contribution in [0.5, 0.6) is 5.88 Å². The van der Waals surface area contributed by atoms with Gasteiger partial charge >= 0.3 is 0 Å². The van der Waals surface area contributed by atoms with Crippen LogP contribution in [0.3, 0.4) is 0 Å². The largest absolute Gasteiger partial charge is 0.474 e. The molecule has 6 nitrogen and oxygen atoms in total. The van der Waals surface area contributed by atoms with Gasteiger partial charge in [0, 0.05) is 11.3 Å². The molecule has 0 aliphatic carbocycles. The van der Waals surface area contributed by atoms with Crippen molar-refractivity contribution in [3.8, 4) is 28.3 Å². The number of aromatic nitrogens is 3. The maximum atomic E-state index is 13.4. The van der Waals surface area contributed by atoms with Crippen molar-refractivity contribution >= 4 is 5.95 Å². The minimum atomic E-state index is -2.78. The van der Waals surface area contributed by atoms with E-state index < -0.39 is 24.0 Å². The number of ether oxygens (including phenoxy) is 1. The van der Waals surface area contributed by atoms with E-state index in [0.29, 0.717) is 22.4 Å². The van der Waals surface area contributed by atoms with Crippen molar-refractivity contribution in [3.05, 3.63) is 53.6 Å². The molecule has 9 heteroatoms. The van der Waals surface area contributed by atoms with Gasteiger partial charge in [0.2, 0.25) is 11.8 Å². The molecule has 0 unspecified atom stereocenters. The predicted octanol–water partition coefficient (Wildman–Crippen LogP) is 3.93. The first-order valence-electron chi connectivity index (χ1n) is 8.76. The van der Waals surface area contributed by atoms with Gasteiger partial charge in [-0.15, -0.1) is 0 Å². The summed E-state index contributed by atoms with van der Waals surface area (Å²) in [5.41, 5.74) is 7.17. The molecular formula is C20H19F3N4O2. The van der Waals surface area contributed by atoms with Gasteiger partial charge in [-0.05, 0) is 55.8 Å². The maximum absolute atomic E-state index is 13.4. The number of nitrogens with two attached hydrogens (primary N) is 1. The quantitative estimate of drug-likeness (QED) is 0.647. The van der Waals surface area contributed by atoms with Crippen LogP contribution in [0.2, 0.25) is 0 Å². The molecule has 0 aliphatic rings. The third-order valence-corrected chi connectivity index (χ3v) is 3.96. The number of aliphatic hydroxyl groups is 1. The molecular weight excluding hydrogens is 385 g/mol. The van der Waals surface area contributed by atoms with Crippen LogP contribution in [0.4, 0.5) is 19.1 Å². The lowest BCUT2D eigenvalue weighted by Gasteiger charge is -2.17. The van der Waals surface area contributed by atoms with Crippen molar-refractivity contribution in [2.24, 2.45) is 0 Å². The van der Waals surface area contributed by atoms with Crippen molar-refractivity contribution < 1.29 is 23.0 Å². The molecule has 3 aromatic rings. The topological polar surface area (TPSA) is 94.2 Å². The third-order valence-electron chi connectivity index (χ3n) is 3.96. The van der Waals surface area contributed by atoms with Crippen LogP contribution in [-0.2, 0) is 0 Å². The lowest BCUT2D eigenvalue weighted by molar-refractivity contribution is 0.120. The summed E-state index contributed by atoms with van der Waals surface area (Å²) < 4.78 is 45.6. The highest BCUT2D eigenvalue weighted by Gasteiger charge is 2.21. The van der Waals surface area contributed by atoms with E-state index in [4.69, 9.17) is 10.5 Å². The van der Waals surface area contributed by atoms with Crippen molar-refractivity contribution in [1.29, 1.82) is 0 Å². The van der Waals surface area contributed by atoms with Gasteiger partial charge in [-0.3, -0.25) is 4.98 Å². The van der Waals surface area contributed by atoms with Crippen molar-refractivity contribution in [2.45, 2.75) is 26.4 Å². The third kappa shape index (κ3) is 4.80. The van der Waals surface area contributed by atoms with E-state index in [0.717, 1.165) is 0 Å². The first kappa shape index (κ1) is 20.5. The second kappa shape index (κ2) is 8.44. The Bertz CT molecular complexity index is 1010. The van der Waals surface area contributed by atoms with E-state index in [-0.39, 0.29) is 24.1 Å². The molecule has 29 heavy (non-hydrogen) atoms. The molecule has 0 amide bonds. The summed E-state index contributed by atoms with van der Waals surface area (Å²) in [5.74, 6) is -0.542. The molecule has 152 valence electrons. The van der Waals surface area contributed by atoms with E-state index in [2.05, 4.69) is 15.0 Å². The highest BCUT2D eigenvalue weighted by molar-refractivity contribution is 5.85. The predicted molar refractivity (Wildman–Crippen MR) is 102 cm³/mol. The second-order valence-corrected chi connectivity index (χ2v) is 6.50. The Morgan fingerprint density at radius 2 is 1.76 bits per heavy atom. The number of rotatable bonds is 6. The molecule has 0 radical (unpaired) electrons. The number of nitrogens with zero attached hydrogens (tertiary/aromatic N) is 3. The summed E-state index contributed by atoms with van der Waals surface area (Å²) in [5, 5.41) is 9.57. The molecule has 0 saturated heterocycles. The number of alkyl halides is 2. The molecule has 0 saturated carbocycles. The number of hydrogen-bond donors (Lipinski definition) is 2. The van der Waals surface area contributed by atoms with Crippen molar-refractivity contribution in [3.63, 3.8) is 0 Å². The minimum absolute atomic E-state index is 0.0172. The Morgan fingerprint density at radius 3 is 2.38 bits per heavy atom. The number of hydrogen-bond acceptors (Lipinski definition) is 6. The molecule has 3 N–H and O–H groups in total. The lowest BCUT2D eigenvalue weighted by Crippen LogP contribution is -2.15. The zero-order valence-corrected chi connectivity index (χ0v) is 15.7. The number of benzene rings is 1. The highest BCUT2D eigenvalue weighted by atomic mass is 19.3. The van der Waals surface area contributed by atoms with Gasteiger partial charge in [0.15, 0.2) is 0 Å². The second-order valence-electron chi connectivity index (χ2n) is 6.50. The van der Waals surface area contributed by atoms with E-state index in [1.165, 1.54) is 37.3 Å². The number of pyridine rings is 1. The molecule has 2 aromatic heterocycles. The Kier molecular flexibility index (Phi) is 5.97. The molecule has 1 aromatic carbocycles. The Morgan fingerprint density at radius 1 is 1.07 bits per heavy atom. The van der Waals surface area contributed by atoms with Crippen molar-refractivity contribution in [1.82, 2.24) is 15.0 Å². The van der Waals surface area contributed by atoms with Gasteiger partial charge in [0.25, 0.3) is 6.43 Å². The standard InChI is InChI=1S/C20H19F3N4O2/c1-10-7-13(8-15(25-10)18(22)23)16-17(12-3-5-14(21)6-4-12)26-20(24)27-19(16)29-9-11(2)28/h3-8,11,18,28H,9H2,1-2H3,(H2,24,26,27)/t11-/m0/s1. The van der Waals surface area contributed by atoms with Gasteiger partial charge in [-0.1, -0.05) is 0 Å². The summed E-state index contributed by atoms with van der Waals surface area (Å²) >= 11 is 0. The lowest BCUT2D eigenvalue weighted by atomic mass is 9.99. The van der Waals surface area contributed by atoms with Gasteiger partial charge in [0.1, 0.15) is 18.1 Å². The van der Waals surface area contributed by atoms with Gasteiger partial charge in [0.05, 0.1) is 17.4 Å². The molecule has 3 rings (SSSR count). The molecule has 0 fully saturated rings. The number of nitrogen functional groups attached to an aromatic ring is 1. The first-order valence-corrected chi connectivity index (χ1v) is 8.76. The number of aryl methyl sites for hydroxylation is 1. The zero-order valence-electron chi connectivity index (χ0n) is 15.7. The number of aliphatic hydroxyl groups excluding tert-OH is 1. The Hall–Kier alpha value is -3.20. The monoisotopic (exact) mass is 404 g/mol. The molecule has 2 heterocycles. The summed E-state index contributed by atoms with van der Waals surface area (Å²) in [6.45, 7) is 3.01. The Labute approximate surface area is 165 Å². The number of halogens is 3. The van der Waals surface area contributed by atoms with E-state index >= 15 is 0 Å². The van der Waals surface area contributed by atoms with Crippen LogP contribution >= 0.6 is 0 Å². The summed E-state index contributed by atoms with van der Waals surface area (Å²) in [7, 11) is 0. The van der Waals surface area contributed by atoms with Gasteiger partial charge in [-0.2, -0.15) is 4.98 Å². The smallest absolute Gasteiger partial charge is 0.280 e. The van der Waals surface area contributed by atoms with Gasteiger partial charge in [-0.25, -0.2) is 18.2 Å². The molecule has 0 spiro atoms. The normalized spacial score (nSPS) is 12.2. The van der Waals surface area contributed by atoms with Crippen LogP contribution < -0.4 is 10.5 Å². The van der Waals surface area contributed by atoms with Crippen molar-refractivity contribution in [2.75, 3.05) is 12.3 Å². The SMILES string of the molecule is Cc1cc(-c2c(OC[C@H](C)O)nc(N)nc2-c2ccc(F)cc2)cc(C(F)F)n1. The maximum Gasteiger partial charge on any atom is 0.280 e. The molecule has 1 atom stereocenters. The van der Waals surface area contributed by atoms with Gasteiger partial charge < -0.3 is 15.6 Å². The fourth-order valence-corrected chi connectivity index (χ4v) is 2.79. The van der Waals surface area contributed by atoms with Crippen LogP contribution in [0, 0.1) is 12.7 Å². The average Bonchev–Trinajstić information content (AvgIpc) is 2.65. The average molecular weight is 404 g/mol. The van der Waals surface area contributed by atoms with Crippen LogP contribution in [-0.4, -0.2) is 32.8 Å².